The summed E-state index contributed by atoms with van der Waals surface area (Å²) in [7, 11) is 3.25. The maximum Gasteiger partial charge on any atom is 0.289 e. The van der Waals surface area contributed by atoms with E-state index < -0.39 is 0 Å². The summed E-state index contributed by atoms with van der Waals surface area (Å²) >= 11 is 0. The summed E-state index contributed by atoms with van der Waals surface area (Å²) in [5, 5.41) is 3.09. The van der Waals surface area contributed by atoms with Crippen LogP contribution in [0.4, 0.5) is 5.82 Å². The van der Waals surface area contributed by atoms with Gasteiger partial charge in [0.2, 0.25) is 0 Å². The van der Waals surface area contributed by atoms with Crippen molar-refractivity contribution in [3.63, 3.8) is 0 Å². The zero-order valence-corrected chi connectivity index (χ0v) is 6.83. The van der Waals surface area contributed by atoms with Crippen molar-refractivity contribution in [1.82, 2.24) is 14.9 Å². The molecule has 0 saturated heterocycles. The largest absolute Gasteiger partial charge is 0.342 e. The van der Waals surface area contributed by atoms with E-state index >= 15 is 0 Å². The van der Waals surface area contributed by atoms with Gasteiger partial charge in [-0.15, -0.1) is 5.11 Å². The molecule has 6 nitrogen and oxygen atoms in total. The summed E-state index contributed by atoms with van der Waals surface area (Å²) in [6.45, 7) is 0. The molecule has 0 unspecified atom stereocenters. The molecule has 0 bridgehead atoms. The number of aromatic amines is 1. The Morgan fingerprint density at radius 1 is 1.75 bits per heavy atom. The first-order valence-electron chi connectivity index (χ1n) is 3.29. The Labute approximate surface area is 69.1 Å². The van der Waals surface area contributed by atoms with Crippen molar-refractivity contribution in [2.45, 2.75) is 0 Å². The summed E-state index contributed by atoms with van der Waals surface area (Å²) in [4.78, 5) is 18.9. The fourth-order valence-electron chi connectivity index (χ4n) is 0.689. The van der Waals surface area contributed by atoms with Gasteiger partial charge in [0.25, 0.3) is 5.91 Å². The van der Waals surface area contributed by atoms with Crippen LogP contribution in [0, 0.1) is 5.53 Å². The Balaban J connectivity index is 2.89. The van der Waals surface area contributed by atoms with Crippen molar-refractivity contribution in [2.75, 3.05) is 14.1 Å². The third-order valence-corrected chi connectivity index (χ3v) is 1.29. The van der Waals surface area contributed by atoms with Gasteiger partial charge in [-0.1, -0.05) is 0 Å². The summed E-state index contributed by atoms with van der Waals surface area (Å²) in [6.07, 6.45) is 1.34. The highest BCUT2D eigenvalue weighted by atomic mass is 16.2. The van der Waals surface area contributed by atoms with Crippen LogP contribution in [0.1, 0.15) is 10.6 Å². The summed E-state index contributed by atoms with van der Waals surface area (Å²) in [5.41, 5.74) is 6.63. The lowest BCUT2D eigenvalue weighted by molar-refractivity contribution is 0.0817. The van der Waals surface area contributed by atoms with E-state index in [2.05, 4.69) is 15.1 Å². The molecular formula is C6H9N5O. The third kappa shape index (κ3) is 1.47. The monoisotopic (exact) mass is 167 g/mol. The van der Waals surface area contributed by atoms with Crippen molar-refractivity contribution in [1.29, 1.82) is 5.53 Å². The van der Waals surface area contributed by atoms with Crippen LogP contribution in [0.15, 0.2) is 11.3 Å². The molecule has 0 aliphatic carbocycles. The van der Waals surface area contributed by atoms with Crippen molar-refractivity contribution in [3.8, 4) is 0 Å². The van der Waals surface area contributed by atoms with Gasteiger partial charge < -0.3 is 9.88 Å². The number of H-pyrrole nitrogens is 1. The van der Waals surface area contributed by atoms with Crippen LogP contribution >= 0.6 is 0 Å². The summed E-state index contributed by atoms with van der Waals surface area (Å²) in [6, 6.07) is 0. The van der Waals surface area contributed by atoms with E-state index in [1.165, 1.54) is 11.1 Å². The van der Waals surface area contributed by atoms with E-state index in [1.54, 1.807) is 14.1 Å². The zero-order chi connectivity index (χ0) is 9.14. The fourth-order valence-corrected chi connectivity index (χ4v) is 0.689. The average Bonchev–Trinajstić information content (AvgIpc) is 2.50. The molecule has 0 aromatic carbocycles. The SMILES string of the molecule is CN(C)C(=O)c1ncc(N=N)[nH]1. The number of rotatable bonds is 2. The van der Waals surface area contributed by atoms with Gasteiger partial charge in [-0.3, -0.25) is 4.79 Å². The highest BCUT2D eigenvalue weighted by Gasteiger charge is 2.11. The fraction of sp³-hybridized carbons (Fsp3) is 0.333. The van der Waals surface area contributed by atoms with Crippen molar-refractivity contribution >= 4 is 11.7 Å². The molecule has 0 aliphatic heterocycles. The van der Waals surface area contributed by atoms with Gasteiger partial charge >= 0.3 is 0 Å². The van der Waals surface area contributed by atoms with Crippen LogP contribution in [0.2, 0.25) is 0 Å². The predicted molar refractivity (Wildman–Crippen MR) is 41.4 cm³/mol. The number of nitrogens with zero attached hydrogens (tertiary/aromatic N) is 3. The summed E-state index contributed by atoms with van der Waals surface area (Å²) < 4.78 is 0. The van der Waals surface area contributed by atoms with Gasteiger partial charge in [0, 0.05) is 14.1 Å². The topological polar surface area (TPSA) is 85.2 Å². The van der Waals surface area contributed by atoms with Crippen molar-refractivity contribution in [3.05, 3.63) is 12.0 Å². The molecule has 12 heavy (non-hydrogen) atoms. The van der Waals surface area contributed by atoms with Crippen LogP contribution in [0.25, 0.3) is 0 Å². The normalized spacial score (nSPS) is 9.50. The molecule has 6 heteroatoms. The second kappa shape index (κ2) is 3.12. The minimum Gasteiger partial charge on any atom is -0.342 e. The van der Waals surface area contributed by atoms with Gasteiger partial charge in [-0.05, 0) is 0 Å². The predicted octanol–water partition coefficient (Wildman–Crippen LogP) is 0.774. The van der Waals surface area contributed by atoms with E-state index in [0.29, 0.717) is 0 Å². The molecule has 0 fully saturated rings. The van der Waals surface area contributed by atoms with Crippen LogP contribution in [-0.4, -0.2) is 34.9 Å². The molecule has 0 aliphatic rings. The van der Waals surface area contributed by atoms with E-state index in [1.807, 2.05) is 0 Å². The number of hydrogen-bond acceptors (Lipinski definition) is 4. The highest BCUT2D eigenvalue weighted by molar-refractivity contribution is 5.90. The number of imidazole rings is 1. The average molecular weight is 167 g/mol. The third-order valence-electron chi connectivity index (χ3n) is 1.29. The molecule has 0 radical (unpaired) electrons. The van der Waals surface area contributed by atoms with E-state index in [4.69, 9.17) is 5.53 Å². The Kier molecular flexibility index (Phi) is 2.18. The quantitative estimate of drug-likeness (QED) is 0.637. The number of carbonyl (C=O) groups excluding carboxylic acids is 1. The van der Waals surface area contributed by atoms with Gasteiger partial charge in [-0.25, -0.2) is 10.5 Å². The maximum atomic E-state index is 11.2. The molecule has 0 spiro atoms. The number of aromatic nitrogens is 2. The van der Waals surface area contributed by atoms with Gasteiger partial charge in [0.15, 0.2) is 11.6 Å². The lowest BCUT2D eigenvalue weighted by Gasteiger charge is -2.06. The molecule has 2 N–H and O–H groups in total. The molecule has 1 amide bonds. The number of carbonyl (C=O) groups is 1. The van der Waals surface area contributed by atoms with Crippen molar-refractivity contribution in [2.24, 2.45) is 5.11 Å². The second-order valence-electron chi connectivity index (χ2n) is 2.43. The van der Waals surface area contributed by atoms with Gasteiger partial charge in [0.05, 0.1) is 6.20 Å². The number of hydrogen-bond donors (Lipinski definition) is 2. The van der Waals surface area contributed by atoms with Gasteiger partial charge in [-0.2, -0.15) is 0 Å². The van der Waals surface area contributed by atoms with Crippen LogP contribution < -0.4 is 0 Å². The smallest absolute Gasteiger partial charge is 0.289 e. The van der Waals surface area contributed by atoms with E-state index in [-0.39, 0.29) is 17.5 Å². The zero-order valence-electron chi connectivity index (χ0n) is 6.83. The first-order valence-corrected chi connectivity index (χ1v) is 3.29. The van der Waals surface area contributed by atoms with Crippen LogP contribution in [-0.2, 0) is 0 Å². The van der Waals surface area contributed by atoms with Crippen molar-refractivity contribution < 1.29 is 4.79 Å². The molecule has 1 heterocycles. The number of amides is 1. The molecule has 0 atom stereocenters. The first kappa shape index (κ1) is 8.38. The maximum absolute atomic E-state index is 11.2. The Morgan fingerprint density at radius 2 is 2.42 bits per heavy atom. The van der Waals surface area contributed by atoms with E-state index in [0.717, 1.165) is 0 Å². The molecule has 0 saturated carbocycles. The minimum atomic E-state index is -0.232. The number of nitrogens with one attached hydrogen (secondary N) is 2. The van der Waals surface area contributed by atoms with E-state index in [9.17, 15) is 4.79 Å². The Morgan fingerprint density at radius 3 is 2.83 bits per heavy atom. The van der Waals surface area contributed by atoms with Crippen LogP contribution in [0.5, 0.6) is 0 Å². The molecule has 64 valence electrons. The lowest BCUT2D eigenvalue weighted by Crippen LogP contribution is -2.22. The first-order chi connectivity index (χ1) is 5.65. The molecule has 1 aromatic rings. The Bertz CT molecular complexity index is 303. The second-order valence-corrected chi connectivity index (χ2v) is 2.43. The minimum absolute atomic E-state index is 0.200. The standard InChI is InChI=1S/C6H9N5O/c1-11(2)6(12)5-8-3-4(9-5)10-7/h3,7H,1-2H3,(H,8,9). The highest BCUT2D eigenvalue weighted by Crippen LogP contribution is 2.07. The van der Waals surface area contributed by atoms with Gasteiger partial charge in [0.1, 0.15) is 0 Å². The molecule has 1 rings (SSSR count). The summed E-state index contributed by atoms with van der Waals surface area (Å²) in [5.74, 6) is 0.246. The Hall–Kier alpha value is -1.72. The molecule has 1 aromatic heterocycles. The lowest BCUT2D eigenvalue weighted by atomic mass is 10.5. The van der Waals surface area contributed by atoms with Crippen LogP contribution in [0.3, 0.4) is 0 Å². The molecular weight excluding hydrogens is 158 g/mol.